The predicted molar refractivity (Wildman–Crippen MR) is 207 cm³/mol. The Morgan fingerprint density at radius 1 is 1.04 bits per heavy atom. The zero-order valence-electron chi connectivity index (χ0n) is 33.5. The molecule has 15 nitrogen and oxygen atoms in total. The second-order valence-corrected chi connectivity index (χ2v) is 16.7. The average Bonchev–Trinajstić information content (AvgIpc) is 3.41. The van der Waals surface area contributed by atoms with Crippen molar-refractivity contribution in [1.82, 2.24) is 34.6 Å². The van der Waals surface area contributed by atoms with Crippen molar-refractivity contribution >= 4 is 29.8 Å². The van der Waals surface area contributed by atoms with E-state index in [4.69, 9.17) is 14.2 Å². The number of fused-ring (bicyclic) bond motifs is 1. The SMILES string of the molecule is CCN(C(=O)c1cc(F)ccc1Oc1cncnc1N1CC2(CC(Oc3ccnc4c3CN(CCCN3CC(=O)N(C(=O)OC(C)(C)C)C3=O)CC4)C2)C1)C(C)C. The monoisotopic (exact) mass is 786 g/mol. The van der Waals surface area contributed by atoms with Crippen LogP contribution in [0.4, 0.5) is 19.8 Å². The van der Waals surface area contributed by atoms with Gasteiger partial charge in [-0.1, -0.05) is 0 Å². The molecule has 4 aliphatic rings. The maximum atomic E-state index is 14.4. The van der Waals surface area contributed by atoms with Crippen LogP contribution in [0, 0.1) is 11.2 Å². The van der Waals surface area contributed by atoms with Gasteiger partial charge in [-0.25, -0.2) is 23.9 Å². The van der Waals surface area contributed by atoms with Crippen LogP contribution in [0.3, 0.4) is 0 Å². The van der Waals surface area contributed by atoms with Crippen LogP contribution in [0.2, 0.25) is 0 Å². The van der Waals surface area contributed by atoms with Crippen LogP contribution < -0.4 is 14.4 Å². The fourth-order valence-corrected chi connectivity index (χ4v) is 8.20. The molecule has 0 unspecified atom stereocenters. The largest absolute Gasteiger partial charge is 0.490 e. The zero-order valence-corrected chi connectivity index (χ0v) is 33.5. The van der Waals surface area contributed by atoms with E-state index in [1.807, 2.05) is 26.8 Å². The lowest BCUT2D eigenvalue weighted by Crippen LogP contribution is -2.65. The van der Waals surface area contributed by atoms with Gasteiger partial charge in [-0.2, -0.15) is 4.90 Å². The van der Waals surface area contributed by atoms with Crippen LogP contribution in [-0.4, -0.2) is 122 Å². The molecule has 3 aliphatic heterocycles. The van der Waals surface area contributed by atoms with E-state index in [0.717, 1.165) is 55.9 Å². The lowest BCUT2D eigenvalue weighted by atomic mass is 9.61. The molecular weight excluding hydrogens is 735 g/mol. The van der Waals surface area contributed by atoms with E-state index >= 15 is 0 Å². The van der Waals surface area contributed by atoms with E-state index in [-0.39, 0.29) is 41.3 Å². The highest BCUT2D eigenvalue weighted by atomic mass is 19.1. The van der Waals surface area contributed by atoms with Crippen LogP contribution >= 0.6 is 0 Å². The minimum atomic E-state index is -0.943. The molecule has 57 heavy (non-hydrogen) atoms. The lowest BCUT2D eigenvalue weighted by Gasteiger charge is -2.59. The minimum Gasteiger partial charge on any atom is -0.490 e. The van der Waals surface area contributed by atoms with Crippen molar-refractivity contribution < 1.29 is 37.8 Å². The number of hydrogen-bond acceptors (Lipinski definition) is 12. The third kappa shape index (κ3) is 8.50. The highest BCUT2D eigenvalue weighted by Gasteiger charge is 2.54. The van der Waals surface area contributed by atoms with Crippen LogP contribution in [-0.2, 0) is 22.5 Å². The van der Waals surface area contributed by atoms with Crippen molar-refractivity contribution in [3.63, 3.8) is 0 Å². The summed E-state index contributed by atoms with van der Waals surface area (Å²) in [4.78, 5) is 72.6. The number of hydrogen-bond donors (Lipinski definition) is 0. The molecule has 5 heterocycles. The third-order valence-electron chi connectivity index (χ3n) is 10.9. The zero-order chi connectivity index (χ0) is 40.6. The van der Waals surface area contributed by atoms with Crippen molar-refractivity contribution in [1.29, 1.82) is 0 Å². The summed E-state index contributed by atoms with van der Waals surface area (Å²) in [5.74, 6) is 0.678. The number of ether oxygens (including phenoxy) is 3. The third-order valence-corrected chi connectivity index (χ3v) is 10.9. The smallest absolute Gasteiger partial charge is 0.425 e. The van der Waals surface area contributed by atoms with Gasteiger partial charge >= 0.3 is 12.1 Å². The number of carbonyl (C=O) groups is 4. The Labute approximate surface area is 332 Å². The molecular formula is C41H51FN8O7. The molecule has 2 saturated heterocycles. The molecule has 1 spiro atoms. The Morgan fingerprint density at radius 3 is 2.53 bits per heavy atom. The number of nitrogens with zero attached hydrogens (tertiary/aromatic N) is 8. The Morgan fingerprint density at radius 2 is 1.81 bits per heavy atom. The van der Waals surface area contributed by atoms with E-state index in [9.17, 15) is 23.6 Å². The summed E-state index contributed by atoms with van der Waals surface area (Å²) in [6.07, 6.45) is 7.12. The normalized spacial score (nSPS) is 18.1. The van der Waals surface area contributed by atoms with Gasteiger partial charge in [0.25, 0.3) is 11.8 Å². The molecule has 0 atom stereocenters. The summed E-state index contributed by atoms with van der Waals surface area (Å²) in [5, 5.41) is 0. The molecule has 1 aliphatic carbocycles. The van der Waals surface area contributed by atoms with E-state index in [2.05, 4.69) is 24.8 Å². The summed E-state index contributed by atoms with van der Waals surface area (Å²) < 4.78 is 32.5. The number of benzene rings is 1. The second-order valence-electron chi connectivity index (χ2n) is 16.7. The molecule has 304 valence electrons. The molecule has 5 amide bonds. The number of anilines is 1. The van der Waals surface area contributed by atoms with Gasteiger partial charge in [0.15, 0.2) is 11.6 Å². The Kier molecular flexibility index (Phi) is 11.1. The summed E-state index contributed by atoms with van der Waals surface area (Å²) in [6.45, 7) is 15.1. The summed E-state index contributed by atoms with van der Waals surface area (Å²) >= 11 is 0. The van der Waals surface area contributed by atoms with E-state index in [1.54, 1.807) is 38.1 Å². The second kappa shape index (κ2) is 15.9. The molecule has 1 saturated carbocycles. The fraction of sp³-hybridized carbons (Fsp3) is 0.537. The average molecular weight is 787 g/mol. The van der Waals surface area contributed by atoms with E-state index in [0.29, 0.717) is 49.1 Å². The first-order chi connectivity index (χ1) is 27.1. The van der Waals surface area contributed by atoms with E-state index in [1.165, 1.54) is 29.4 Å². The van der Waals surface area contributed by atoms with E-state index < -0.39 is 29.4 Å². The van der Waals surface area contributed by atoms with Crippen molar-refractivity contribution in [3.8, 4) is 17.2 Å². The Bertz CT molecular complexity index is 2030. The van der Waals surface area contributed by atoms with Crippen molar-refractivity contribution in [2.24, 2.45) is 5.41 Å². The number of imide groups is 3. The summed E-state index contributed by atoms with van der Waals surface area (Å²) in [5.41, 5.74) is 1.49. The predicted octanol–water partition coefficient (Wildman–Crippen LogP) is 5.67. The topological polar surface area (TPSA) is 151 Å². The molecule has 3 fully saturated rings. The Balaban J connectivity index is 0.916. The molecule has 3 aromatic rings. The maximum Gasteiger partial charge on any atom is 0.425 e. The van der Waals surface area contributed by atoms with Gasteiger partial charge in [0, 0.05) is 81.1 Å². The molecule has 0 radical (unpaired) electrons. The molecule has 7 rings (SSSR count). The first kappa shape index (κ1) is 39.8. The van der Waals surface area contributed by atoms with Crippen LogP contribution in [0.25, 0.3) is 0 Å². The molecule has 1 aromatic carbocycles. The minimum absolute atomic E-state index is 0.0528. The Hall–Kier alpha value is -5.38. The van der Waals surface area contributed by atoms with Gasteiger partial charge in [-0.3, -0.25) is 19.5 Å². The van der Waals surface area contributed by atoms with Gasteiger partial charge in [-0.15, -0.1) is 0 Å². The van der Waals surface area contributed by atoms with Crippen molar-refractivity contribution in [2.45, 2.75) is 91.5 Å². The quantitative estimate of drug-likeness (QED) is 0.208. The molecule has 2 aromatic heterocycles. The van der Waals surface area contributed by atoms with Gasteiger partial charge in [0.1, 0.15) is 41.9 Å². The first-order valence-electron chi connectivity index (χ1n) is 19.7. The fourth-order valence-electron chi connectivity index (χ4n) is 8.20. The first-order valence-corrected chi connectivity index (χ1v) is 19.7. The highest BCUT2D eigenvalue weighted by Crippen LogP contribution is 2.52. The number of aromatic nitrogens is 3. The van der Waals surface area contributed by atoms with Crippen LogP contribution in [0.15, 0.2) is 43.0 Å². The van der Waals surface area contributed by atoms with Crippen LogP contribution in [0.5, 0.6) is 17.2 Å². The number of rotatable bonds is 12. The van der Waals surface area contributed by atoms with Crippen molar-refractivity contribution in [2.75, 3.05) is 50.7 Å². The van der Waals surface area contributed by atoms with Gasteiger partial charge in [0.05, 0.1) is 11.8 Å². The summed E-state index contributed by atoms with van der Waals surface area (Å²) in [6, 6.07) is 5.18. The van der Waals surface area contributed by atoms with Crippen molar-refractivity contribution in [3.05, 3.63) is 65.6 Å². The van der Waals surface area contributed by atoms with Gasteiger partial charge in [-0.05, 0) is 85.1 Å². The van der Waals surface area contributed by atoms with Crippen LogP contribution in [0.1, 0.15) is 82.4 Å². The molecule has 0 bridgehead atoms. The number of urea groups is 1. The lowest BCUT2D eigenvalue weighted by molar-refractivity contribution is -0.124. The van der Waals surface area contributed by atoms with Gasteiger partial charge in [0.2, 0.25) is 0 Å². The standard InChI is InChI=1S/C41H51FN8O7/c1-7-49(26(2)3)37(52)29-17-27(42)9-10-32(29)56-34-20-43-25-45-36(34)48-23-41(24-48)18-28(19-41)55-33-11-13-44-31-12-16-46(21-30(31)33)14-8-15-47-22-35(51)50(38(47)53)39(54)57-40(4,5)6/h9-11,13,17,20,25-26,28H,7-8,12,14-16,18-19,21-24H2,1-6H3. The maximum absolute atomic E-state index is 14.4. The molecule has 16 heteroatoms. The number of pyridine rings is 1. The number of amides is 5. The number of carbonyl (C=O) groups excluding carboxylic acids is 4. The van der Waals surface area contributed by atoms with Gasteiger partial charge < -0.3 is 28.9 Å². The highest BCUT2D eigenvalue weighted by molar-refractivity contribution is 6.13. The summed E-state index contributed by atoms with van der Waals surface area (Å²) in [7, 11) is 0. The number of halogens is 1. The molecule has 0 N–H and O–H groups in total.